The maximum absolute atomic E-state index is 4.91. The highest BCUT2D eigenvalue weighted by Crippen LogP contribution is 2.31. The first kappa shape index (κ1) is 22.9. The summed E-state index contributed by atoms with van der Waals surface area (Å²) in [4.78, 5) is 16.1. The van der Waals surface area contributed by atoms with E-state index in [1.165, 1.54) is 12.8 Å². The molecule has 1 saturated heterocycles. The number of hydrogen-bond donors (Lipinski definition) is 1. The lowest BCUT2D eigenvalue weighted by Gasteiger charge is -2.39. The van der Waals surface area contributed by atoms with Crippen molar-refractivity contribution in [2.24, 2.45) is 15.4 Å². The summed E-state index contributed by atoms with van der Waals surface area (Å²) >= 11 is 0. The molecule has 2 rings (SSSR count). The van der Waals surface area contributed by atoms with Gasteiger partial charge in [-0.1, -0.05) is 33.4 Å². The minimum Gasteiger partial charge on any atom is -0.359 e. The van der Waals surface area contributed by atoms with E-state index in [0.717, 1.165) is 59.2 Å². The van der Waals surface area contributed by atoms with Gasteiger partial charge in [0, 0.05) is 38.1 Å². The smallest absolute Gasteiger partial charge is 0.105 e. The number of hydrogen-bond acceptors (Lipinski definition) is 4. The van der Waals surface area contributed by atoms with E-state index in [2.05, 4.69) is 60.5 Å². The molecule has 29 heavy (non-hydrogen) atoms. The Morgan fingerprint density at radius 2 is 2.00 bits per heavy atom. The van der Waals surface area contributed by atoms with Crippen molar-refractivity contribution in [2.45, 2.75) is 60.8 Å². The molecule has 1 fully saturated rings. The van der Waals surface area contributed by atoms with Crippen LogP contribution in [0.4, 0.5) is 5.69 Å². The fourth-order valence-electron chi connectivity index (χ4n) is 3.65. The molecule has 1 aromatic rings. The van der Waals surface area contributed by atoms with Crippen molar-refractivity contribution in [1.29, 1.82) is 0 Å². The van der Waals surface area contributed by atoms with Crippen LogP contribution in [0.25, 0.3) is 5.57 Å². The van der Waals surface area contributed by atoms with E-state index in [0.29, 0.717) is 5.41 Å². The van der Waals surface area contributed by atoms with Crippen molar-refractivity contribution >= 4 is 23.3 Å². The Morgan fingerprint density at radius 1 is 1.34 bits per heavy atom. The lowest BCUT2D eigenvalue weighted by atomic mass is 9.83. The number of pyridine rings is 1. The Kier molecular flexibility index (Phi) is 7.77. The second-order valence-electron chi connectivity index (χ2n) is 8.50. The van der Waals surface area contributed by atoms with Gasteiger partial charge in [-0.2, -0.15) is 0 Å². The van der Waals surface area contributed by atoms with Crippen molar-refractivity contribution in [1.82, 2.24) is 15.2 Å². The highest BCUT2D eigenvalue weighted by Gasteiger charge is 2.26. The van der Waals surface area contributed by atoms with Crippen LogP contribution in [0.3, 0.4) is 0 Å². The average molecular weight is 396 g/mol. The van der Waals surface area contributed by atoms with Crippen molar-refractivity contribution < 1.29 is 0 Å². The molecule has 0 bridgehead atoms. The molecule has 0 aromatic carbocycles. The Bertz CT molecular complexity index is 820. The maximum Gasteiger partial charge on any atom is 0.105 e. The molecule has 0 atom stereocenters. The fourth-order valence-corrected chi connectivity index (χ4v) is 3.65. The van der Waals surface area contributed by atoms with Crippen LogP contribution in [0, 0.1) is 12.3 Å². The zero-order valence-corrected chi connectivity index (χ0v) is 19.3. The fraction of sp³-hybridized carbons (Fsp3) is 0.542. The standard InChI is InChI=1S/C24H37N5/c1-9-20(15-25-8)21-16-26-22(10-2)23(17(21)3)28-18(4)27-19(5)29-13-11-24(6,7)12-14-29/h9,15-16H,5,10-14H2,1-4,6-8H3,(H,27,28)/b20-9+,25-15-. The highest BCUT2D eigenvalue weighted by molar-refractivity contribution is 6.10. The van der Waals surface area contributed by atoms with E-state index in [4.69, 9.17) is 4.99 Å². The number of nitrogens with one attached hydrogen (secondary N) is 1. The summed E-state index contributed by atoms with van der Waals surface area (Å²) in [7, 11) is 1.78. The molecule has 1 aliphatic rings. The van der Waals surface area contributed by atoms with Crippen molar-refractivity contribution in [2.75, 3.05) is 20.1 Å². The molecule has 5 nitrogen and oxygen atoms in total. The van der Waals surface area contributed by atoms with Crippen LogP contribution in [0.1, 0.15) is 64.3 Å². The number of likely N-dealkylation sites (tertiary alicyclic amines) is 1. The molecule has 5 heteroatoms. The molecule has 1 aliphatic heterocycles. The third-order valence-electron chi connectivity index (χ3n) is 5.71. The minimum absolute atomic E-state index is 0.422. The topological polar surface area (TPSA) is 52.9 Å². The molecule has 0 saturated carbocycles. The summed E-state index contributed by atoms with van der Waals surface area (Å²) in [5, 5.41) is 3.40. The number of aryl methyl sites for hydroxylation is 1. The number of piperidine rings is 1. The summed E-state index contributed by atoms with van der Waals surface area (Å²) in [6, 6.07) is 0. The molecular formula is C24H37N5. The zero-order valence-electron chi connectivity index (χ0n) is 19.3. The van der Waals surface area contributed by atoms with Crippen LogP contribution >= 0.6 is 0 Å². The van der Waals surface area contributed by atoms with Gasteiger partial charge in [-0.05, 0) is 56.6 Å². The van der Waals surface area contributed by atoms with Crippen molar-refractivity contribution in [3.63, 3.8) is 0 Å². The van der Waals surface area contributed by atoms with Gasteiger partial charge in [0.05, 0.1) is 17.2 Å². The first-order valence-corrected chi connectivity index (χ1v) is 10.6. The highest BCUT2D eigenvalue weighted by atomic mass is 15.3. The van der Waals surface area contributed by atoms with Gasteiger partial charge in [0.2, 0.25) is 0 Å². The summed E-state index contributed by atoms with van der Waals surface area (Å²) in [5.74, 6) is 1.76. The number of nitrogens with zero attached hydrogens (tertiary/aromatic N) is 4. The molecule has 1 aromatic heterocycles. The van der Waals surface area contributed by atoms with Gasteiger partial charge >= 0.3 is 0 Å². The molecule has 0 unspecified atom stereocenters. The van der Waals surface area contributed by atoms with Crippen LogP contribution in [0.5, 0.6) is 0 Å². The van der Waals surface area contributed by atoms with Gasteiger partial charge in [-0.15, -0.1) is 0 Å². The number of aromatic nitrogens is 1. The monoisotopic (exact) mass is 395 g/mol. The van der Waals surface area contributed by atoms with Crippen LogP contribution in [0.15, 0.2) is 34.7 Å². The molecule has 0 aliphatic carbocycles. The lowest BCUT2D eigenvalue weighted by molar-refractivity contribution is 0.158. The maximum atomic E-state index is 4.91. The molecule has 158 valence electrons. The van der Waals surface area contributed by atoms with Crippen LogP contribution < -0.4 is 5.32 Å². The van der Waals surface area contributed by atoms with E-state index in [1.807, 2.05) is 26.3 Å². The first-order valence-electron chi connectivity index (χ1n) is 10.6. The van der Waals surface area contributed by atoms with Gasteiger partial charge in [0.25, 0.3) is 0 Å². The second kappa shape index (κ2) is 9.86. The molecule has 0 spiro atoms. The van der Waals surface area contributed by atoms with E-state index in [9.17, 15) is 0 Å². The predicted octanol–water partition coefficient (Wildman–Crippen LogP) is 5.29. The molecule has 0 radical (unpaired) electrons. The quantitative estimate of drug-likeness (QED) is 0.526. The third kappa shape index (κ3) is 5.78. The molecule has 1 N–H and O–H groups in total. The van der Waals surface area contributed by atoms with Gasteiger partial charge in [0.1, 0.15) is 5.84 Å². The lowest BCUT2D eigenvalue weighted by Crippen LogP contribution is -2.41. The Hall–Kier alpha value is -2.43. The van der Waals surface area contributed by atoms with Crippen LogP contribution in [-0.2, 0) is 6.42 Å². The molecular weight excluding hydrogens is 358 g/mol. The van der Waals surface area contributed by atoms with Gasteiger partial charge in [0.15, 0.2) is 0 Å². The van der Waals surface area contributed by atoms with Gasteiger partial charge in [-0.25, -0.2) is 4.99 Å². The van der Waals surface area contributed by atoms with E-state index in [-0.39, 0.29) is 0 Å². The summed E-state index contributed by atoms with van der Waals surface area (Å²) < 4.78 is 0. The van der Waals surface area contributed by atoms with E-state index in [1.54, 1.807) is 7.05 Å². The number of aliphatic imine (C=N–C) groups is 2. The summed E-state index contributed by atoms with van der Waals surface area (Å²) in [5.41, 5.74) is 5.61. The second-order valence-corrected chi connectivity index (χ2v) is 8.50. The van der Waals surface area contributed by atoms with Crippen molar-refractivity contribution in [3.8, 4) is 0 Å². The summed E-state index contributed by atoms with van der Waals surface area (Å²) in [6.45, 7) is 19.2. The Labute approximate surface area is 176 Å². The first-order chi connectivity index (χ1) is 13.7. The minimum atomic E-state index is 0.422. The number of amidine groups is 1. The van der Waals surface area contributed by atoms with Crippen LogP contribution in [-0.4, -0.2) is 42.1 Å². The zero-order chi connectivity index (χ0) is 21.6. The van der Waals surface area contributed by atoms with Crippen LogP contribution in [0.2, 0.25) is 0 Å². The Morgan fingerprint density at radius 3 is 2.55 bits per heavy atom. The Balaban J connectivity index is 2.26. The largest absolute Gasteiger partial charge is 0.359 e. The third-order valence-corrected chi connectivity index (χ3v) is 5.71. The molecule has 0 amide bonds. The van der Waals surface area contributed by atoms with E-state index >= 15 is 0 Å². The molecule has 2 heterocycles. The SMILES string of the molecule is C=C(N/C(C)=N/c1c(CC)ncc(C(/C=N\C)=C/C)c1C)N1CCC(C)(C)CC1. The van der Waals surface area contributed by atoms with Gasteiger partial charge < -0.3 is 10.2 Å². The normalized spacial score (nSPS) is 17.7. The number of rotatable bonds is 6. The van der Waals surface area contributed by atoms with E-state index < -0.39 is 0 Å². The van der Waals surface area contributed by atoms with Gasteiger partial charge in [-0.3, -0.25) is 9.98 Å². The average Bonchev–Trinajstić information content (AvgIpc) is 2.67. The predicted molar refractivity (Wildman–Crippen MR) is 126 cm³/mol. The van der Waals surface area contributed by atoms with Crippen molar-refractivity contribution in [3.05, 3.63) is 41.5 Å². The number of allylic oxidation sites excluding steroid dienone is 2. The summed E-state index contributed by atoms with van der Waals surface area (Å²) in [6.07, 6.45) is 9.05.